The van der Waals surface area contributed by atoms with Crippen LogP contribution in [0.3, 0.4) is 0 Å². The zero-order chi connectivity index (χ0) is 10.1. The van der Waals surface area contributed by atoms with Gasteiger partial charge < -0.3 is 5.11 Å². The van der Waals surface area contributed by atoms with E-state index in [-0.39, 0.29) is 6.10 Å². The minimum Gasteiger partial charge on any atom is -0.387 e. The molecule has 1 aliphatic rings. The number of aliphatic hydroxyl groups is 1. The first-order valence-electron chi connectivity index (χ1n) is 5.39. The average molecular weight is 191 g/mol. The SMILES string of the molecule is CCc1nc2c(cc1C)CCCC2O. The van der Waals surface area contributed by atoms with E-state index in [0.29, 0.717) is 0 Å². The summed E-state index contributed by atoms with van der Waals surface area (Å²) >= 11 is 0. The monoisotopic (exact) mass is 191 g/mol. The molecule has 0 spiro atoms. The lowest BCUT2D eigenvalue weighted by atomic mass is 9.92. The molecule has 0 radical (unpaired) electrons. The molecule has 1 heterocycles. The highest BCUT2D eigenvalue weighted by Crippen LogP contribution is 2.29. The normalized spacial score (nSPS) is 20.6. The van der Waals surface area contributed by atoms with E-state index >= 15 is 0 Å². The van der Waals surface area contributed by atoms with Gasteiger partial charge in [-0.1, -0.05) is 13.0 Å². The van der Waals surface area contributed by atoms with E-state index in [2.05, 4.69) is 24.9 Å². The Hall–Kier alpha value is -0.890. The molecule has 0 saturated heterocycles. The summed E-state index contributed by atoms with van der Waals surface area (Å²) in [6, 6.07) is 2.20. The van der Waals surface area contributed by atoms with E-state index in [1.54, 1.807) is 0 Å². The van der Waals surface area contributed by atoms with E-state index in [0.717, 1.165) is 37.1 Å². The fraction of sp³-hybridized carbons (Fsp3) is 0.583. The van der Waals surface area contributed by atoms with Gasteiger partial charge in [0.15, 0.2) is 0 Å². The van der Waals surface area contributed by atoms with E-state index < -0.39 is 0 Å². The van der Waals surface area contributed by atoms with Gasteiger partial charge in [0.2, 0.25) is 0 Å². The number of hydrogen-bond donors (Lipinski definition) is 1. The van der Waals surface area contributed by atoms with Crippen molar-refractivity contribution < 1.29 is 5.11 Å². The van der Waals surface area contributed by atoms with Crippen LogP contribution in [0, 0.1) is 6.92 Å². The maximum absolute atomic E-state index is 9.81. The second-order valence-corrected chi connectivity index (χ2v) is 4.06. The largest absolute Gasteiger partial charge is 0.387 e. The second kappa shape index (κ2) is 3.70. The van der Waals surface area contributed by atoms with Gasteiger partial charge in [0.05, 0.1) is 11.8 Å². The van der Waals surface area contributed by atoms with Crippen molar-refractivity contribution in [2.75, 3.05) is 0 Å². The summed E-state index contributed by atoms with van der Waals surface area (Å²) in [5.41, 5.74) is 4.57. The number of aromatic nitrogens is 1. The molecular formula is C12H17NO. The van der Waals surface area contributed by atoms with Gasteiger partial charge in [0, 0.05) is 5.69 Å². The molecule has 1 aliphatic carbocycles. The minimum atomic E-state index is -0.329. The Kier molecular flexibility index (Phi) is 2.55. The summed E-state index contributed by atoms with van der Waals surface area (Å²) in [5, 5.41) is 9.81. The number of pyridine rings is 1. The van der Waals surface area contributed by atoms with Crippen LogP contribution in [0.15, 0.2) is 6.07 Å². The molecule has 1 aromatic heterocycles. The van der Waals surface area contributed by atoms with Crippen LogP contribution in [0.2, 0.25) is 0 Å². The van der Waals surface area contributed by atoms with Gasteiger partial charge in [0.1, 0.15) is 0 Å². The summed E-state index contributed by atoms with van der Waals surface area (Å²) in [6.45, 7) is 4.21. The Bertz CT molecular complexity index is 346. The van der Waals surface area contributed by atoms with Crippen molar-refractivity contribution in [2.24, 2.45) is 0 Å². The molecule has 1 unspecified atom stereocenters. The highest BCUT2D eigenvalue weighted by atomic mass is 16.3. The zero-order valence-electron chi connectivity index (χ0n) is 8.88. The van der Waals surface area contributed by atoms with Crippen LogP contribution in [-0.4, -0.2) is 10.1 Å². The fourth-order valence-corrected chi connectivity index (χ4v) is 2.19. The third-order valence-corrected chi connectivity index (χ3v) is 3.00. The molecule has 1 aromatic rings. The second-order valence-electron chi connectivity index (χ2n) is 4.06. The van der Waals surface area contributed by atoms with E-state index in [9.17, 15) is 5.11 Å². The number of aryl methyl sites for hydroxylation is 3. The molecule has 2 heteroatoms. The summed E-state index contributed by atoms with van der Waals surface area (Å²) in [6.07, 6.45) is 3.65. The molecule has 0 aromatic carbocycles. The molecule has 0 bridgehead atoms. The molecule has 0 saturated carbocycles. The Labute approximate surface area is 85.0 Å². The van der Waals surface area contributed by atoms with Crippen LogP contribution in [0.1, 0.15) is 48.4 Å². The van der Waals surface area contributed by atoms with Crippen LogP contribution >= 0.6 is 0 Å². The molecular weight excluding hydrogens is 174 g/mol. The Morgan fingerprint density at radius 2 is 2.36 bits per heavy atom. The van der Waals surface area contributed by atoms with Gasteiger partial charge in [0.25, 0.3) is 0 Å². The third kappa shape index (κ3) is 1.55. The first-order valence-corrected chi connectivity index (χ1v) is 5.39. The van der Waals surface area contributed by atoms with E-state index in [1.807, 2.05) is 0 Å². The van der Waals surface area contributed by atoms with Crippen LogP contribution in [0.4, 0.5) is 0 Å². The molecule has 2 rings (SSSR count). The maximum atomic E-state index is 9.81. The molecule has 2 nitrogen and oxygen atoms in total. The Morgan fingerprint density at radius 1 is 1.57 bits per heavy atom. The van der Waals surface area contributed by atoms with Gasteiger partial charge in [-0.25, -0.2) is 0 Å². The van der Waals surface area contributed by atoms with Crippen LogP contribution in [0.25, 0.3) is 0 Å². The maximum Gasteiger partial charge on any atom is 0.0962 e. The van der Waals surface area contributed by atoms with Gasteiger partial charge in [-0.2, -0.15) is 0 Å². The Balaban J connectivity index is 2.49. The van der Waals surface area contributed by atoms with Gasteiger partial charge in [-0.15, -0.1) is 0 Å². The van der Waals surface area contributed by atoms with Crippen LogP contribution in [-0.2, 0) is 12.8 Å². The molecule has 0 amide bonds. The lowest BCUT2D eigenvalue weighted by molar-refractivity contribution is 0.151. The standard InChI is InChI=1S/C12H17NO/c1-3-10-8(2)7-9-5-4-6-11(14)12(9)13-10/h7,11,14H,3-6H2,1-2H3. The summed E-state index contributed by atoms with van der Waals surface area (Å²) in [4.78, 5) is 4.56. The summed E-state index contributed by atoms with van der Waals surface area (Å²) < 4.78 is 0. The van der Waals surface area contributed by atoms with Gasteiger partial charge >= 0.3 is 0 Å². The number of rotatable bonds is 1. The predicted octanol–water partition coefficient (Wildman–Crippen LogP) is 2.32. The molecule has 14 heavy (non-hydrogen) atoms. The number of aliphatic hydroxyl groups excluding tert-OH is 1. The summed E-state index contributed by atoms with van der Waals surface area (Å²) in [5.74, 6) is 0. The van der Waals surface area contributed by atoms with Crippen molar-refractivity contribution in [2.45, 2.75) is 45.6 Å². The first-order chi connectivity index (χ1) is 6.72. The number of fused-ring (bicyclic) bond motifs is 1. The highest BCUT2D eigenvalue weighted by Gasteiger charge is 2.20. The van der Waals surface area contributed by atoms with E-state index in [1.165, 1.54) is 11.1 Å². The van der Waals surface area contributed by atoms with Crippen molar-refractivity contribution in [3.8, 4) is 0 Å². The van der Waals surface area contributed by atoms with Crippen molar-refractivity contribution >= 4 is 0 Å². The topological polar surface area (TPSA) is 33.1 Å². The van der Waals surface area contributed by atoms with E-state index in [4.69, 9.17) is 0 Å². The van der Waals surface area contributed by atoms with Crippen molar-refractivity contribution in [1.82, 2.24) is 4.98 Å². The molecule has 0 fully saturated rings. The first kappa shape index (κ1) is 9.66. The lowest BCUT2D eigenvalue weighted by Crippen LogP contribution is -2.13. The van der Waals surface area contributed by atoms with Crippen molar-refractivity contribution in [3.63, 3.8) is 0 Å². The van der Waals surface area contributed by atoms with Gasteiger partial charge in [-0.05, 0) is 43.7 Å². The molecule has 0 aliphatic heterocycles. The zero-order valence-corrected chi connectivity index (χ0v) is 8.88. The Morgan fingerprint density at radius 3 is 3.07 bits per heavy atom. The minimum absolute atomic E-state index is 0.329. The number of hydrogen-bond acceptors (Lipinski definition) is 2. The molecule has 76 valence electrons. The van der Waals surface area contributed by atoms with Crippen LogP contribution in [0.5, 0.6) is 0 Å². The summed E-state index contributed by atoms with van der Waals surface area (Å²) in [7, 11) is 0. The van der Waals surface area contributed by atoms with Crippen molar-refractivity contribution in [3.05, 3.63) is 28.6 Å². The molecule has 1 atom stereocenters. The quantitative estimate of drug-likeness (QED) is 0.739. The van der Waals surface area contributed by atoms with Gasteiger partial charge in [-0.3, -0.25) is 4.98 Å². The third-order valence-electron chi connectivity index (χ3n) is 3.00. The smallest absolute Gasteiger partial charge is 0.0962 e. The molecule has 1 N–H and O–H groups in total. The predicted molar refractivity (Wildman–Crippen MR) is 56.2 cm³/mol. The fourth-order valence-electron chi connectivity index (χ4n) is 2.19. The highest BCUT2D eigenvalue weighted by molar-refractivity contribution is 5.32. The number of nitrogens with zero attached hydrogens (tertiary/aromatic N) is 1. The van der Waals surface area contributed by atoms with Crippen LogP contribution < -0.4 is 0 Å². The average Bonchev–Trinajstić information content (AvgIpc) is 2.17. The van der Waals surface area contributed by atoms with Crippen molar-refractivity contribution in [1.29, 1.82) is 0 Å². The lowest BCUT2D eigenvalue weighted by Gasteiger charge is -2.21.